The average molecular weight is 323 g/mol. The Kier molecular flexibility index (Phi) is 3.98. The summed E-state index contributed by atoms with van der Waals surface area (Å²) in [6.07, 6.45) is 5.42. The van der Waals surface area contributed by atoms with Crippen molar-refractivity contribution in [1.82, 2.24) is 5.32 Å². The molecule has 126 valence electrons. The van der Waals surface area contributed by atoms with Gasteiger partial charge in [-0.05, 0) is 47.5 Å². The van der Waals surface area contributed by atoms with Crippen LogP contribution in [0.3, 0.4) is 0 Å². The zero-order valence-electron chi connectivity index (χ0n) is 14.7. The maximum absolute atomic E-state index is 12.9. The fourth-order valence-corrected chi connectivity index (χ4v) is 4.29. The standard InChI is InChI=1S/C21H25NO2/c1-5-18(23)22-13-16-8-6-15(7-9-16)12-17-19(24)21(4)11-10-20(17,3)14(21)2/h5-9,12,14H,1,10-11,13H2,2-4H3,(H,22,23). The Morgan fingerprint density at radius 2 is 1.88 bits per heavy atom. The molecule has 1 aromatic rings. The molecule has 0 aliphatic heterocycles. The molecule has 2 fully saturated rings. The first-order valence-corrected chi connectivity index (χ1v) is 8.57. The Hall–Kier alpha value is -2.16. The lowest BCUT2D eigenvalue weighted by Crippen LogP contribution is -2.25. The molecule has 0 heterocycles. The van der Waals surface area contributed by atoms with Crippen LogP contribution in [-0.2, 0) is 16.1 Å². The van der Waals surface area contributed by atoms with Gasteiger partial charge in [-0.1, -0.05) is 51.6 Å². The number of rotatable bonds is 4. The fourth-order valence-electron chi connectivity index (χ4n) is 4.29. The van der Waals surface area contributed by atoms with Crippen LogP contribution in [0.1, 0.15) is 44.7 Å². The fraction of sp³-hybridized carbons (Fsp3) is 0.429. The van der Waals surface area contributed by atoms with Crippen molar-refractivity contribution in [1.29, 1.82) is 0 Å². The number of Topliss-reactive ketones (excluding diaryl/α,β-unsaturated/α-hetero) is 1. The lowest BCUT2D eigenvalue weighted by Gasteiger charge is -2.26. The van der Waals surface area contributed by atoms with Crippen molar-refractivity contribution in [3.8, 4) is 0 Å². The molecule has 24 heavy (non-hydrogen) atoms. The third-order valence-corrected chi connectivity index (χ3v) is 6.40. The van der Waals surface area contributed by atoms with E-state index in [2.05, 4.69) is 38.7 Å². The van der Waals surface area contributed by atoms with E-state index in [4.69, 9.17) is 0 Å². The molecule has 2 aliphatic rings. The van der Waals surface area contributed by atoms with Gasteiger partial charge in [0.1, 0.15) is 0 Å². The summed E-state index contributed by atoms with van der Waals surface area (Å²) in [5.41, 5.74) is 2.87. The summed E-state index contributed by atoms with van der Waals surface area (Å²) in [4.78, 5) is 24.1. The minimum atomic E-state index is -0.185. The van der Waals surface area contributed by atoms with Crippen LogP contribution in [0, 0.1) is 16.7 Å². The van der Waals surface area contributed by atoms with Gasteiger partial charge in [-0.15, -0.1) is 0 Å². The topological polar surface area (TPSA) is 46.2 Å². The van der Waals surface area contributed by atoms with Gasteiger partial charge in [0.15, 0.2) is 5.78 Å². The van der Waals surface area contributed by atoms with E-state index in [1.807, 2.05) is 24.3 Å². The van der Waals surface area contributed by atoms with E-state index in [1.54, 1.807) is 0 Å². The summed E-state index contributed by atoms with van der Waals surface area (Å²) in [5.74, 6) is 0.548. The number of carbonyl (C=O) groups excluding carboxylic acids is 2. The molecular weight excluding hydrogens is 298 g/mol. The summed E-state index contributed by atoms with van der Waals surface area (Å²) in [5, 5.41) is 2.76. The second-order valence-electron chi connectivity index (χ2n) is 7.61. The molecular formula is C21H25NO2. The molecule has 2 bridgehead atoms. The first-order chi connectivity index (χ1) is 11.3. The Morgan fingerprint density at radius 3 is 2.42 bits per heavy atom. The highest BCUT2D eigenvalue weighted by Crippen LogP contribution is 2.65. The number of carbonyl (C=O) groups is 2. The van der Waals surface area contributed by atoms with Crippen LogP contribution in [0.5, 0.6) is 0 Å². The lowest BCUT2D eigenvalue weighted by molar-refractivity contribution is -0.123. The van der Waals surface area contributed by atoms with Gasteiger partial charge in [0.25, 0.3) is 0 Å². The summed E-state index contributed by atoms with van der Waals surface area (Å²) < 4.78 is 0. The summed E-state index contributed by atoms with van der Waals surface area (Å²) in [6, 6.07) is 8.00. The van der Waals surface area contributed by atoms with Gasteiger partial charge >= 0.3 is 0 Å². The van der Waals surface area contributed by atoms with Crippen molar-refractivity contribution in [2.45, 2.75) is 40.2 Å². The van der Waals surface area contributed by atoms with Crippen LogP contribution >= 0.6 is 0 Å². The van der Waals surface area contributed by atoms with E-state index >= 15 is 0 Å². The third-order valence-electron chi connectivity index (χ3n) is 6.40. The molecule has 0 aromatic heterocycles. The number of benzene rings is 1. The highest BCUT2D eigenvalue weighted by molar-refractivity contribution is 6.08. The van der Waals surface area contributed by atoms with Gasteiger partial charge in [-0.2, -0.15) is 0 Å². The van der Waals surface area contributed by atoms with Crippen LogP contribution in [0.2, 0.25) is 0 Å². The first kappa shape index (κ1) is 16.7. The Morgan fingerprint density at radius 1 is 1.25 bits per heavy atom. The van der Waals surface area contributed by atoms with E-state index < -0.39 is 0 Å². The zero-order valence-corrected chi connectivity index (χ0v) is 14.7. The summed E-state index contributed by atoms with van der Waals surface area (Å²) >= 11 is 0. The predicted octanol–water partition coefficient (Wildman–Crippen LogP) is 3.90. The number of hydrogen-bond acceptors (Lipinski definition) is 2. The second kappa shape index (κ2) is 5.73. The van der Waals surface area contributed by atoms with E-state index in [1.165, 1.54) is 6.08 Å². The van der Waals surface area contributed by atoms with Gasteiger partial charge < -0.3 is 5.32 Å². The van der Waals surface area contributed by atoms with Crippen molar-refractivity contribution < 1.29 is 9.59 Å². The van der Waals surface area contributed by atoms with E-state index in [0.29, 0.717) is 18.2 Å². The zero-order chi connectivity index (χ0) is 17.5. The molecule has 0 spiro atoms. The first-order valence-electron chi connectivity index (χ1n) is 8.57. The van der Waals surface area contributed by atoms with Crippen LogP contribution in [0.15, 0.2) is 42.5 Å². The average Bonchev–Trinajstić information content (AvgIpc) is 2.90. The summed E-state index contributed by atoms with van der Waals surface area (Å²) in [6.45, 7) is 10.5. The molecule has 3 rings (SSSR count). The molecule has 3 atom stereocenters. The monoisotopic (exact) mass is 323 g/mol. The van der Waals surface area contributed by atoms with Crippen LogP contribution in [0.4, 0.5) is 0 Å². The van der Waals surface area contributed by atoms with Crippen molar-refractivity contribution in [3.63, 3.8) is 0 Å². The number of ketones is 1. The number of fused-ring (bicyclic) bond motifs is 2. The number of hydrogen-bond donors (Lipinski definition) is 1. The molecule has 1 N–H and O–H groups in total. The molecule has 3 unspecified atom stereocenters. The van der Waals surface area contributed by atoms with Gasteiger partial charge in [0.2, 0.25) is 5.91 Å². The number of nitrogens with one attached hydrogen (secondary N) is 1. The van der Waals surface area contributed by atoms with Gasteiger partial charge in [-0.25, -0.2) is 0 Å². The molecule has 1 amide bonds. The minimum Gasteiger partial charge on any atom is -0.348 e. The minimum absolute atomic E-state index is 0.00242. The van der Waals surface area contributed by atoms with Crippen molar-refractivity contribution in [2.24, 2.45) is 16.7 Å². The molecule has 1 aromatic carbocycles. The van der Waals surface area contributed by atoms with Crippen LogP contribution in [-0.4, -0.2) is 11.7 Å². The van der Waals surface area contributed by atoms with Gasteiger partial charge in [0, 0.05) is 17.5 Å². The molecule has 0 radical (unpaired) electrons. The van der Waals surface area contributed by atoms with Crippen molar-refractivity contribution >= 4 is 17.8 Å². The van der Waals surface area contributed by atoms with Crippen LogP contribution < -0.4 is 5.32 Å². The molecule has 3 heteroatoms. The molecule has 3 nitrogen and oxygen atoms in total. The highest BCUT2D eigenvalue weighted by Gasteiger charge is 2.63. The SMILES string of the molecule is C=CC(=O)NCc1ccc(C=C2C(=O)C3(C)CCC2(C)C3C)cc1. The quantitative estimate of drug-likeness (QED) is 0.854. The Labute approximate surface area is 143 Å². The molecule has 2 saturated carbocycles. The summed E-state index contributed by atoms with van der Waals surface area (Å²) in [7, 11) is 0. The molecule has 0 saturated heterocycles. The Bertz CT molecular complexity index is 731. The third kappa shape index (κ3) is 2.43. The van der Waals surface area contributed by atoms with Crippen molar-refractivity contribution in [2.75, 3.05) is 0 Å². The largest absolute Gasteiger partial charge is 0.348 e. The van der Waals surface area contributed by atoms with Gasteiger partial charge in [-0.3, -0.25) is 9.59 Å². The number of amides is 1. The normalized spacial score (nSPS) is 33.0. The van der Waals surface area contributed by atoms with Gasteiger partial charge in [0.05, 0.1) is 0 Å². The number of allylic oxidation sites excluding steroid dienone is 1. The van der Waals surface area contributed by atoms with Crippen LogP contribution in [0.25, 0.3) is 6.08 Å². The smallest absolute Gasteiger partial charge is 0.243 e. The highest BCUT2D eigenvalue weighted by atomic mass is 16.1. The second-order valence-corrected chi connectivity index (χ2v) is 7.61. The lowest BCUT2D eigenvalue weighted by atomic mass is 9.77. The van der Waals surface area contributed by atoms with E-state index in [0.717, 1.165) is 29.5 Å². The maximum atomic E-state index is 12.9. The maximum Gasteiger partial charge on any atom is 0.243 e. The Balaban J connectivity index is 1.81. The molecule has 2 aliphatic carbocycles. The van der Waals surface area contributed by atoms with Crippen molar-refractivity contribution in [3.05, 3.63) is 53.6 Å². The van der Waals surface area contributed by atoms with E-state index in [-0.39, 0.29) is 16.7 Å². The predicted molar refractivity (Wildman–Crippen MR) is 96.1 cm³/mol. The van der Waals surface area contributed by atoms with E-state index in [9.17, 15) is 9.59 Å².